The van der Waals surface area contributed by atoms with E-state index in [2.05, 4.69) is 27.6 Å². The molecule has 0 bridgehead atoms. The summed E-state index contributed by atoms with van der Waals surface area (Å²) >= 11 is 0. The van der Waals surface area contributed by atoms with Crippen molar-refractivity contribution in [1.29, 1.82) is 0 Å². The third kappa shape index (κ3) is 4.58. The molecule has 2 amide bonds. The van der Waals surface area contributed by atoms with Gasteiger partial charge in [0, 0.05) is 30.7 Å². The lowest BCUT2D eigenvalue weighted by atomic mass is 10.1. The smallest absolute Gasteiger partial charge is 0.319 e. The number of likely N-dealkylation sites (tertiary alicyclic amines) is 1. The van der Waals surface area contributed by atoms with E-state index in [1.165, 1.54) is 0 Å². The number of urea groups is 1. The number of piperidine rings is 1. The van der Waals surface area contributed by atoms with Crippen LogP contribution < -0.4 is 10.6 Å². The van der Waals surface area contributed by atoms with Crippen molar-refractivity contribution in [2.24, 2.45) is 0 Å². The highest BCUT2D eigenvalue weighted by molar-refractivity contribution is 5.89. The van der Waals surface area contributed by atoms with Gasteiger partial charge in [-0.2, -0.15) is 5.10 Å². The lowest BCUT2D eigenvalue weighted by molar-refractivity contribution is 0.196. The fraction of sp³-hybridized carbons (Fsp3) is 0.444. The first-order valence-corrected chi connectivity index (χ1v) is 8.59. The maximum atomic E-state index is 12.2. The molecule has 0 aliphatic carbocycles. The second-order valence-electron chi connectivity index (χ2n) is 6.23. The monoisotopic (exact) mass is 327 g/mol. The number of nitrogens with one attached hydrogen (secondary N) is 2. The van der Waals surface area contributed by atoms with Crippen molar-refractivity contribution in [2.45, 2.75) is 32.4 Å². The van der Waals surface area contributed by atoms with Crippen molar-refractivity contribution in [3.8, 4) is 0 Å². The van der Waals surface area contributed by atoms with Crippen LogP contribution in [0, 0.1) is 0 Å². The maximum absolute atomic E-state index is 12.2. The van der Waals surface area contributed by atoms with E-state index in [4.69, 9.17) is 0 Å². The first-order chi connectivity index (χ1) is 11.7. The molecule has 1 aromatic carbocycles. The minimum Gasteiger partial charge on any atom is -0.334 e. The molecule has 6 heteroatoms. The van der Waals surface area contributed by atoms with Gasteiger partial charge in [-0.05, 0) is 49.7 Å². The number of benzene rings is 1. The summed E-state index contributed by atoms with van der Waals surface area (Å²) in [5.41, 5.74) is 1.95. The molecule has 2 aromatic rings. The number of carbonyl (C=O) groups excluding carboxylic acids is 1. The highest BCUT2D eigenvalue weighted by Crippen LogP contribution is 2.12. The zero-order chi connectivity index (χ0) is 16.8. The van der Waals surface area contributed by atoms with Gasteiger partial charge in [0.1, 0.15) is 0 Å². The van der Waals surface area contributed by atoms with Gasteiger partial charge in [-0.3, -0.25) is 4.68 Å². The van der Waals surface area contributed by atoms with E-state index in [0.717, 1.165) is 50.3 Å². The van der Waals surface area contributed by atoms with Crippen molar-refractivity contribution in [3.63, 3.8) is 0 Å². The second-order valence-corrected chi connectivity index (χ2v) is 6.23. The Morgan fingerprint density at radius 3 is 2.88 bits per heavy atom. The molecule has 0 radical (unpaired) electrons. The number of amides is 2. The zero-order valence-electron chi connectivity index (χ0n) is 14.1. The minimum absolute atomic E-state index is 0.127. The Hall–Kier alpha value is -2.34. The van der Waals surface area contributed by atoms with Crippen LogP contribution in [0.15, 0.2) is 42.7 Å². The number of nitrogens with zero attached hydrogens (tertiary/aromatic N) is 3. The summed E-state index contributed by atoms with van der Waals surface area (Å²) in [7, 11) is 0. The Morgan fingerprint density at radius 2 is 2.17 bits per heavy atom. The van der Waals surface area contributed by atoms with Crippen LogP contribution in [0.5, 0.6) is 0 Å². The Bertz CT molecular complexity index is 638. The average Bonchev–Trinajstić information content (AvgIpc) is 3.10. The third-order valence-electron chi connectivity index (χ3n) is 4.40. The summed E-state index contributed by atoms with van der Waals surface area (Å²) in [6.45, 7) is 6.00. The Morgan fingerprint density at radius 1 is 1.33 bits per heavy atom. The summed E-state index contributed by atoms with van der Waals surface area (Å²) in [6.07, 6.45) is 5.89. The number of aromatic nitrogens is 2. The number of hydrogen-bond acceptors (Lipinski definition) is 3. The number of anilines is 1. The zero-order valence-corrected chi connectivity index (χ0v) is 14.1. The van der Waals surface area contributed by atoms with Crippen LogP contribution in [-0.4, -0.2) is 46.4 Å². The topological polar surface area (TPSA) is 62.2 Å². The molecule has 1 unspecified atom stereocenters. The Kier molecular flexibility index (Phi) is 5.48. The minimum atomic E-state index is -0.127. The lowest BCUT2D eigenvalue weighted by Gasteiger charge is -2.32. The Labute approximate surface area is 142 Å². The fourth-order valence-corrected chi connectivity index (χ4v) is 3.09. The summed E-state index contributed by atoms with van der Waals surface area (Å²) < 4.78 is 1.87. The van der Waals surface area contributed by atoms with Gasteiger partial charge in [-0.15, -0.1) is 0 Å². The second kappa shape index (κ2) is 7.97. The molecular formula is C18H25N5O. The molecule has 128 valence electrons. The molecule has 0 saturated carbocycles. The van der Waals surface area contributed by atoms with E-state index in [1.54, 1.807) is 6.20 Å². The predicted octanol–water partition coefficient (Wildman–Crippen LogP) is 2.54. The van der Waals surface area contributed by atoms with Gasteiger partial charge in [-0.25, -0.2) is 4.79 Å². The molecular weight excluding hydrogens is 302 g/mol. The number of likely N-dealkylation sites (N-methyl/N-ethyl adjacent to an activating group) is 1. The lowest BCUT2D eigenvalue weighted by Crippen LogP contribution is -2.48. The van der Waals surface area contributed by atoms with Gasteiger partial charge in [0.05, 0.1) is 6.54 Å². The summed E-state index contributed by atoms with van der Waals surface area (Å²) in [6, 6.07) is 9.89. The van der Waals surface area contributed by atoms with Crippen LogP contribution in [0.3, 0.4) is 0 Å². The molecule has 24 heavy (non-hydrogen) atoms. The molecule has 2 N–H and O–H groups in total. The van der Waals surface area contributed by atoms with E-state index in [0.29, 0.717) is 0 Å². The van der Waals surface area contributed by atoms with Crippen molar-refractivity contribution >= 4 is 11.7 Å². The number of rotatable bonds is 5. The van der Waals surface area contributed by atoms with Crippen LogP contribution in [0.1, 0.15) is 25.3 Å². The van der Waals surface area contributed by atoms with Gasteiger partial charge in [0.2, 0.25) is 0 Å². The summed E-state index contributed by atoms with van der Waals surface area (Å²) in [4.78, 5) is 14.5. The largest absolute Gasteiger partial charge is 0.334 e. The molecule has 1 atom stereocenters. The molecule has 1 aliphatic heterocycles. The van der Waals surface area contributed by atoms with Crippen LogP contribution in [0.25, 0.3) is 0 Å². The molecule has 6 nitrogen and oxygen atoms in total. The summed E-state index contributed by atoms with van der Waals surface area (Å²) in [5, 5.41) is 10.2. The molecule has 1 aromatic heterocycles. The van der Waals surface area contributed by atoms with Gasteiger partial charge in [0.15, 0.2) is 0 Å². The van der Waals surface area contributed by atoms with E-state index in [-0.39, 0.29) is 12.1 Å². The predicted molar refractivity (Wildman–Crippen MR) is 95.1 cm³/mol. The van der Waals surface area contributed by atoms with Gasteiger partial charge >= 0.3 is 6.03 Å². The third-order valence-corrected chi connectivity index (χ3v) is 4.40. The van der Waals surface area contributed by atoms with Crippen molar-refractivity contribution in [2.75, 3.05) is 25.0 Å². The Balaban J connectivity index is 1.49. The van der Waals surface area contributed by atoms with Gasteiger partial charge in [-0.1, -0.05) is 19.1 Å². The van der Waals surface area contributed by atoms with E-state index in [1.807, 2.05) is 41.2 Å². The van der Waals surface area contributed by atoms with Crippen molar-refractivity contribution in [1.82, 2.24) is 20.0 Å². The first-order valence-electron chi connectivity index (χ1n) is 8.59. The van der Waals surface area contributed by atoms with Crippen LogP contribution in [-0.2, 0) is 6.54 Å². The normalized spacial score (nSPS) is 18.3. The summed E-state index contributed by atoms with van der Waals surface area (Å²) in [5.74, 6) is 0. The van der Waals surface area contributed by atoms with E-state index >= 15 is 0 Å². The number of hydrogen-bond donors (Lipinski definition) is 2. The van der Waals surface area contributed by atoms with Crippen LogP contribution in [0.2, 0.25) is 0 Å². The van der Waals surface area contributed by atoms with Gasteiger partial charge < -0.3 is 15.5 Å². The molecule has 2 heterocycles. The van der Waals surface area contributed by atoms with Crippen LogP contribution in [0.4, 0.5) is 10.5 Å². The number of carbonyl (C=O) groups is 1. The van der Waals surface area contributed by atoms with Crippen molar-refractivity contribution in [3.05, 3.63) is 48.3 Å². The standard InChI is InChI=1S/C18H25N5O/c1-2-22-11-3-5-17(14-22)21-18(24)20-16-8-6-15(7-9-16)13-23-12-4-10-19-23/h4,6-10,12,17H,2-3,5,11,13-14H2,1H3,(H2,20,21,24). The quantitative estimate of drug-likeness (QED) is 0.887. The highest BCUT2D eigenvalue weighted by atomic mass is 16.2. The van der Waals surface area contributed by atoms with Gasteiger partial charge in [0.25, 0.3) is 0 Å². The average molecular weight is 327 g/mol. The molecule has 1 fully saturated rings. The van der Waals surface area contributed by atoms with E-state index in [9.17, 15) is 4.79 Å². The fourth-order valence-electron chi connectivity index (χ4n) is 3.09. The SMILES string of the molecule is CCN1CCCC(NC(=O)Nc2ccc(Cn3cccn3)cc2)C1. The molecule has 3 rings (SSSR count). The van der Waals surface area contributed by atoms with Crippen molar-refractivity contribution < 1.29 is 4.79 Å². The first kappa shape index (κ1) is 16.5. The molecule has 1 saturated heterocycles. The maximum Gasteiger partial charge on any atom is 0.319 e. The molecule has 0 spiro atoms. The highest BCUT2D eigenvalue weighted by Gasteiger charge is 2.20. The molecule has 1 aliphatic rings. The van der Waals surface area contributed by atoms with E-state index < -0.39 is 0 Å². The van der Waals surface area contributed by atoms with Crippen LogP contribution >= 0.6 is 0 Å².